The Balaban J connectivity index is 1.97. The van der Waals surface area contributed by atoms with Gasteiger partial charge in [0.05, 0.1) is 6.61 Å². The summed E-state index contributed by atoms with van der Waals surface area (Å²) in [5.41, 5.74) is 0.418. The second kappa shape index (κ2) is 2.48. The Bertz CT molecular complexity index is 210. The largest absolute Gasteiger partial charge is 0.353 e. The molecule has 2 atom stereocenters. The molecule has 0 N–H and O–H groups in total. The van der Waals surface area contributed by atoms with Crippen molar-refractivity contribution in [2.24, 2.45) is 11.3 Å². The summed E-state index contributed by atoms with van der Waals surface area (Å²) in [5, 5.41) is 0. The van der Waals surface area contributed by atoms with Crippen LogP contribution in [-0.4, -0.2) is 19.5 Å². The van der Waals surface area contributed by atoms with Crippen molar-refractivity contribution in [1.82, 2.24) is 0 Å². The van der Waals surface area contributed by atoms with E-state index in [0.29, 0.717) is 5.41 Å². The Kier molecular flexibility index (Phi) is 1.58. The average molecular weight is 182 g/mol. The highest BCUT2D eigenvalue weighted by molar-refractivity contribution is 5.09. The minimum atomic E-state index is -0.172. The predicted molar refractivity (Wildman–Crippen MR) is 49.3 cm³/mol. The normalized spacial score (nSPS) is 49.6. The zero-order chi connectivity index (χ0) is 8.94. The van der Waals surface area contributed by atoms with Crippen molar-refractivity contribution < 1.29 is 9.47 Å². The summed E-state index contributed by atoms with van der Waals surface area (Å²) < 4.78 is 11.6. The molecule has 2 unspecified atom stereocenters. The number of hydrogen-bond donors (Lipinski definition) is 0. The van der Waals surface area contributed by atoms with Gasteiger partial charge in [-0.25, -0.2) is 0 Å². The lowest BCUT2D eigenvalue weighted by Gasteiger charge is -2.38. The van der Waals surface area contributed by atoms with E-state index in [2.05, 4.69) is 0 Å². The van der Waals surface area contributed by atoms with Crippen molar-refractivity contribution in [3.63, 3.8) is 0 Å². The van der Waals surface area contributed by atoms with Gasteiger partial charge in [0.1, 0.15) is 0 Å². The van der Waals surface area contributed by atoms with Crippen LogP contribution in [0.4, 0.5) is 0 Å². The van der Waals surface area contributed by atoms with Crippen molar-refractivity contribution >= 4 is 0 Å². The molecule has 2 nitrogen and oxygen atoms in total. The molecule has 3 rings (SSSR count). The molecule has 2 aliphatic carbocycles. The van der Waals surface area contributed by atoms with Crippen LogP contribution in [0.3, 0.4) is 0 Å². The van der Waals surface area contributed by atoms with Gasteiger partial charge in [0.2, 0.25) is 0 Å². The van der Waals surface area contributed by atoms with Crippen molar-refractivity contribution in [1.29, 1.82) is 0 Å². The molecular formula is C11H18O2. The highest BCUT2D eigenvalue weighted by atomic mass is 16.7. The van der Waals surface area contributed by atoms with E-state index in [9.17, 15) is 0 Å². The van der Waals surface area contributed by atoms with Crippen LogP contribution in [0.25, 0.3) is 0 Å². The quantitative estimate of drug-likeness (QED) is 0.652. The van der Waals surface area contributed by atoms with Crippen LogP contribution < -0.4 is 0 Å². The fourth-order valence-electron chi connectivity index (χ4n) is 3.72. The molecule has 0 aromatic heterocycles. The molecular weight excluding hydrogens is 164 g/mol. The zero-order valence-electron chi connectivity index (χ0n) is 8.34. The molecule has 1 aliphatic heterocycles. The highest BCUT2D eigenvalue weighted by Crippen LogP contribution is 2.65. The third-order valence-electron chi connectivity index (χ3n) is 4.46. The Labute approximate surface area is 79.6 Å². The van der Waals surface area contributed by atoms with Crippen LogP contribution in [0.5, 0.6) is 0 Å². The molecule has 3 fully saturated rings. The maximum Gasteiger partial charge on any atom is 0.173 e. The van der Waals surface area contributed by atoms with Crippen LogP contribution >= 0.6 is 0 Å². The van der Waals surface area contributed by atoms with Crippen LogP contribution in [-0.2, 0) is 9.47 Å². The number of hydrogen-bond acceptors (Lipinski definition) is 2. The number of methoxy groups -OCH3 is 1. The van der Waals surface area contributed by atoms with Gasteiger partial charge in [-0.15, -0.1) is 0 Å². The van der Waals surface area contributed by atoms with E-state index in [4.69, 9.17) is 9.47 Å². The third-order valence-corrected chi connectivity index (χ3v) is 4.46. The van der Waals surface area contributed by atoms with Crippen molar-refractivity contribution in [3.8, 4) is 0 Å². The summed E-state index contributed by atoms with van der Waals surface area (Å²) in [5.74, 6) is 0.742. The van der Waals surface area contributed by atoms with E-state index in [1.54, 1.807) is 0 Å². The fourth-order valence-corrected chi connectivity index (χ4v) is 3.72. The van der Waals surface area contributed by atoms with E-state index in [1.165, 1.54) is 32.1 Å². The van der Waals surface area contributed by atoms with Crippen molar-refractivity contribution in [3.05, 3.63) is 0 Å². The summed E-state index contributed by atoms with van der Waals surface area (Å²) in [7, 11) is 1.83. The summed E-state index contributed by atoms with van der Waals surface area (Å²) in [6.07, 6.45) is 7.82. The first-order valence-electron chi connectivity index (χ1n) is 5.52. The van der Waals surface area contributed by atoms with E-state index in [0.717, 1.165) is 18.9 Å². The van der Waals surface area contributed by atoms with Gasteiger partial charge in [0, 0.05) is 18.9 Å². The second-order valence-corrected chi connectivity index (χ2v) is 4.84. The minimum Gasteiger partial charge on any atom is -0.353 e. The summed E-state index contributed by atoms with van der Waals surface area (Å²) in [4.78, 5) is 0. The maximum atomic E-state index is 5.90. The van der Waals surface area contributed by atoms with Gasteiger partial charge in [0.25, 0.3) is 0 Å². The molecule has 1 saturated heterocycles. The number of rotatable bonds is 2. The van der Waals surface area contributed by atoms with Crippen LogP contribution in [0.2, 0.25) is 0 Å². The SMILES string of the molecule is COC12CCCC1(C1CC1)CCO2. The minimum absolute atomic E-state index is 0.172. The molecule has 0 aromatic carbocycles. The second-order valence-electron chi connectivity index (χ2n) is 4.84. The Morgan fingerprint density at radius 3 is 2.77 bits per heavy atom. The average Bonchev–Trinajstić information content (AvgIpc) is 2.82. The van der Waals surface area contributed by atoms with Crippen LogP contribution in [0.15, 0.2) is 0 Å². The monoisotopic (exact) mass is 182 g/mol. The molecule has 3 aliphatic rings. The smallest absolute Gasteiger partial charge is 0.173 e. The van der Waals surface area contributed by atoms with Crippen LogP contribution in [0.1, 0.15) is 38.5 Å². The van der Waals surface area contributed by atoms with E-state index < -0.39 is 0 Å². The highest BCUT2D eigenvalue weighted by Gasteiger charge is 2.65. The lowest BCUT2D eigenvalue weighted by molar-refractivity contribution is -0.236. The lowest BCUT2D eigenvalue weighted by atomic mass is 9.76. The van der Waals surface area contributed by atoms with Gasteiger partial charge >= 0.3 is 0 Å². The van der Waals surface area contributed by atoms with E-state index >= 15 is 0 Å². The molecule has 0 radical (unpaired) electrons. The van der Waals surface area contributed by atoms with E-state index in [1.807, 2.05) is 7.11 Å². The van der Waals surface area contributed by atoms with Gasteiger partial charge in [0.15, 0.2) is 5.79 Å². The van der Waals surface area contributed by atoms with E-state index in [-0.39, 0.29) is 5.79 Å². The first kappa shape index (κ1) is 8.25. The molecule has 1 heterocycles. The molecule has 2 saturated carbocycles. The summed E-state index contributed by atoms with van der Waals surface area (Å²) in [6.45, 7) is 0.921. The molecule has 0 bridgehead atoms. The van der Waals surface area contributed by atoms with Gasteiger partial charge in [-0.3, -0.25) is 0 Å². The van der Waals surface area contributed by atoms with Crippen molar-refractivity contribution in [2.75, 3.05) is 13.7 Å². The number of ether oxygens (including phenoxy) is 2. The van der Waals surface area contributed by atoms with Gasteiger partial charge in [-0.1, -0.05) is 0 Å². The molecule has 13 heavy (non-hydrogen) atoms. The van der Waals surface area contributed by atoms with Crippen molar-refractivity contribution in [2.45, 2.75) is 44.3 Å². The molecule has 74 valence electrons. The van der Waals surface area contributed by atoms with Crippen LogP contribution in [0, 0.1) is 11.3 Å². The topological polar surface area (TPSA) is 18.5 Å². The van der Waals surface area contributed by atoms with Gasteiger partial charge in [-0.2, -0.15) is 0 Å². The molecule has 2 heteroatoms. The standard InChI is InChI=1S/C11H18O2/c1-12-11-6-2-5-10(11,7-8-13-11)9-3-4-9/h9H,2-8H2,1H3. The maximum absolute atomic E-state index is 5.90. The first-order valence-corrected chi connectivity index (χ1v) is 5.52. The number of fused-ring (bicyclic) bond motifs is 1. The fraction of sp³-hybridized carbons (Fsp3) is 1.00. The van der Waals surface area contributed by atoms with Gasteiger partial charge in [-0.05, 0) is 38.0 Å². The summed E-state index contributed by atoms with van der Waals surface area (Å²) >= 11 is 0. The predicted octanol–water partition coefficient (Wildman–Crippen LogP) is 2.33. The zero-order valence-corrected chi connectivity index (χ0v) is 8.34. The Morgan fingerprint density at radius 1 is 1.23 bits per heavy atom. The van der Waals surface area contributed by atoms with Gasteiger partial charge < -0.3 is 9.47 Å². The summed E-state index contributed by atoms with van der Waals surface area (Å²) in [6, 6.07) is 0. The Hall–Kier alpha value is -0.0800. The molecule has 0 aromatic rings. The first-order chi connectivity index (χ1) is 6.33. The molecule has 0 spiro atoms. The Morgan fingerprint density at radius 2 is 2.08 bits per heavy atom. The molecule has 0 amide bonds. The third kappa shape index (κ3) is 0.861. The lowest BCUT2D eigenvalue weighted by Crippen LogP contribution is -2.43.